The highest BCUT2D eigenvalue weighted by Gasteiger charge is 2.35. The fourth-order valence-electron chi connectivity index (χ4n) is 2.20. The summed E-state index contributed by atoms with van der Waals surface area (Å²) in [6.45, 7) is 2.71. The second-order valence-electron chi connectivity index (χ2n) is 4.84. The number of carbonyl (C=O) groups excluding carboxylic acids is 1. The molecule has 1 aromatic rings. The molecule has 0 amide bonds. The van der Waals surface area contributed by atoms with Crippen molar-refractivity contribution in [2.45, 2.75) is 18.8 Å². The minimum absolute atomic E-state index is 0.144. The molecule has 2 rings (SSSR count). The number of fused-ring (bicyclic) bond motifs is 1. The molecule has 1 unspecified atom stereocenters. The highest BCUT2D eigenvalue weighted by Crippen LogP contribution is 2.42. The second kappa shape index (κ2) is 5.34. The number of esters is 1. The van der Waals surface area contributed by atoms with E-state index in [4.69, 9.17) is 9.47 Å². The van der Waals surface area contributed by atoms with Crippen LogP contribution in [-0.4, -0.2) is 26.8 Å². The zero-order valence-corrected chi connectivity index (χ0v) is 11.4. The molecule has 19 heavy (non-hydrogen) atoms. The van der Waals surface area contributed by atoms with Crippen LogP contribution in [0.5, 0.6) is 11.5 Å². The van der Waals surface area contributed by atoms with Gasteiger partial charge in [-0.05, 0) is 24.6 Å². The molecule has 1 heterocycles. The molecular formula is C15H18O4. The Morgan fingerprint density at radius 3 is 2.95 bits per heavy atom. The van der Waals surface area contributed by atoms with Gasteiger partial charge in [0.05, 0.1) is 20.8 Å². The topological polar surface area (TPSA) is 44.8 Å². The maximum Gasteiger partial charge on any atom is 0.330 e. The first-order chi connectivity index (χ1) is 9.09. The van der Waals surface area contributed by atoms with Crippen LogP contribution < -0.4 is 9.47 Å². The molecular weight excluding hydrogens is 244 g/mol. The van der Waals surface area contributed by atoms with E-state index in [0.717, 1.165) is 17.1 Å². The number of benzene rings is 1. The van der Waals surface area contributed by atoms with Crippen LogP contribution in [0.15, 0.2) is 30.4 Å². The van der Waals surface area contributed by atoms with Crippen molar-refractivity contribution in [3.8, 4) is 11.5 Å². The van der Waals surface area contributed by atoms with Gasteiger partial charge in [-0.25, -0.2) is 4.79 Å². The van der Waals surface area contributed by atoms with Gasteiger partial charge in [0.15, 0.2) is 0 Å². The summed E-state index contributed by atoms with van der Waals surface area (Å²) in [6, 6.07) is 5.80. The van der Waals surface area contributed by atoms with Crippen LogP contribution in [0.4, 0.5) is 0 Å². The van der Waals surface area contributed by atoms with Gasteiger partial charge in [0.25, 0.3) is 0 Å². The number of rotatable bonds is 4. The highest BCUT2D eigenvalue weighted by molar-refractivity contribution is 5.81. The molecule has 0 spiro atoms. The van der Waals surface area contributed by atoms with Crippen molar-refractivity contribution < 1.29 is 19.0 Å². The average Bonchev–Trinajstić information content (AvgIpc) is 2.76. The van der Waals surface area contributed by atoms with E-state index in [1.807, 2.05) is 24.3 Å². The van der Waals surface area contributed by atoms with Gasteiger partial charge in [-0.3, -0.25) is 0 Å². The van der Waals surface area contributed by atoms with Gasteiger partial charge < -0.3 is 14.2 Å². The van der Waals surface area contributed by atoms with E-state index in [-0.39, 0.29) is 11.4 Å². The Bertz CT molecular complexity index is 507. The van der Waals surface area contributed by atoms with E-state index in [2.05, 4.69) is 11.7 Å². The van der Waals surface area contributed by atoms with E-state index in [0.29, 0.717) is 13.0 Å². The summed E-state index contributed by atoms with van der Waals surface area (Å²) in [5.74, 6) is 1.36. The van der Waals surface area contributed by atoms with E-state index in [1.54, 1.807) is 7.11 Å². The molecule has 1 aliphatic heterocycles. The molecule has 1 aromatic carbocycles. The lowest BCUT2D eigenvalue weighted by molar-refractivity contribution is -0.134. The van der Waals surface area contributed by atoms with Crippen LogP contribution in [0.25, 0.3) is 0 Å². The molecule has 0 bridgehead atoms. The van der Waals surface area contributed by atoms with Gasteiger partial charge in [-0.1, -0.05) is 13.0 Å². The standard InChI is InChI=1S/C15H18O4/c1-15(8-4-5-14(16)18-3)10-19-13-7-6-11(17-2)9-12(13)15/h4-7,9H,8,10H2,1-3H3/b5-4+. The largest absolute Gasteiger partial charge is 0.497 e. The van der Waals surface area contributed by atoms with Gasteiger partial charge in [0.2, 0.25) is 0 Å². The lowest BCUT2D eigenvalue weighted by atomic mass is 9.81. The summed E-state index contributed by atoms with van der Waals surface area (Å²) in [5, 5.41) is 0. The first kappa shape index (κ1) is 13.5. The van der Waals surface area contributed by atoms with Crippen molar-refractivity contribution in [1.82, 2.24) is 0 Å². The minimum Gasteiger partial charge on any atom is -0.497 e. The van der Waals surface area contributed by atoms with Crippen LogP contribution in [0.1, 0.15) is 18.9 Å². The van der Waals surface area contributed by atoms with Crippen molar-refractivity contribution >= 4 is 5.97 Å². The van der Waals surface area contributed by atoms with Gasteiger partial charge in [-0.2, -0.15) is 0 Å². The average molecular weight is 262 g/mol. The second-order valence-corrected chi connectivity index (χ2v) is 4.84. The molecule has 0 saturated heterocycles. The summed E-state index contributed by atoms with van der Waals surface area (Å²) in [5.41, 5.74) is 0.968. The fraction of sp³-hybridized carbons (Fsp3) is 0.400. The molecule has 0 aliphatic carbocycles. The van der Waals surface area contributed by atoms with E-state index >= 15 is 0 Å². The Kier molecular flexibility index (Phi) is 3.79. The highest BCUT2D eigenvalue weighted by atomic mass is 16.5. The predicted molar refractivity (Wildman–Crippen MR) is 71.6 cm³/mol. The Hall–Kier alpha value is -1.97. The maximum atomic E-state index is 11.1. The molecule has 0 N–H and O–H groups in total. The minimum atomic E-state index is -0.339. The van der Waals surface area contributed by atoms with Crippen molar-refractivity contribution in [2.24, 2.45) is 0 Å². The molecule has 0 saturated carbocycles. The lowest BCUT2D eigenvalue weighted by Gasteiger charge is -2.20. The summed E-state index contributed by atoms with van der Waals surface area (Å²) in [6.07, 6.45) is 3.98. The maximum absolute atomic E-state index is 11.1. The monoisotopic (exact) mass is 262 g/mol. The zero-order valence-electron chi connectivity index (χ0n) is 11.4. The molecule has 1 aliphatic rings. The SMILES string of the molecule is COC(=O)/C=C/CC1(C)COc2ccc(OC)cc21. The van der Waals surface area contributed by atoms with Crippen LogP contribution in [0, 0.1) is 0 Å². The Morgan fingerprint density at radius 2 is 2.26 bits per heavy atom. The molecule has 4 nitrogen and oxygen atoms in total. The van der Waals surface area contributed by atoms with Gasteiger partial charge in [0, 0.05) is 17.1 Å². The Morgan fingerprint density at radius 1 is 1.47 bits per heavy atom. The van der Waals surface area contributed by atoms with Crippen molar-refractivity contribution in [3.63, 3.8) is 0 Å². The quantitative estimate of drug-likeness (QED) is 0.617. The summed E-state index contributed by atoms with van der Waals surface area (Å²) >= 11 is 0. The molecule has 0 radical (unpaired) electrons. The summed E-state index contributed by atoms with van der Waals surface area (Å²) in [7, 11) is 3.01. The number of carbonyl (C=O) groups is 1. The molecule has 1 atom stereocenters. The smallest absolute Gasteiger partial charge is 0.330 e. The molecule has 0 aromatic heterocycles. The number of allylic oxidation sites excluding steroid dienone is 1. The molecule has 102 valence electrons. The third-order valence-corrected chi connectivity index (χ3v) is 3.41. The third-order valence-electron chi connectivity index (χ3n) is 3.41. The lowest BCUT2D eigenvalue weighted by Crippen LogP contribution is -2.22. The normalized spacial score (nSPS) is 21.0. The first-order valence-corrected chi connectivity index (χ1v) is 6.15. The zero-order chi connectivity index (χ0) is 13.9. The Balaban J connectivity index is 2.19. The number of hydrogen-bond donors (Lipinski definition) is 0. The van der Waals surface area contributed by atoms with E-state index in [1.165, 1.54) is 13.2 Å². The van der Waals surface area contributed by atoms with Gasteiger partial charge >= 0.3 is 5.97 Å². The van der Waals surface area contributed by atoms with E-state index < -0.39 is 0 Å². The van der Waals surface area contributed by atoms with E-state index in [9.17, 15) is 4.79 Å². The first-order valence-electron chi connectivity index (χ1n) is 6.15. The van der Waals surface area contributed by atoms with Crippen molar-refractivity contribution in [1.29, 1.82) is 0 Å². The van der Waals surface area contributed by atoms with Gasteiger partial charge in [-0.15, -0.1) is 0 Å². The number of hydrogen-bond acceptors (Lipinski definition) is 4. The molecule has 4 heteroatoms. The van der Waals surface area contributed by atoms with Gasteiger partial charge in [0.1, 0.15) is 11.5 Å². The number of ether oxygens (including phenoxy) is 3. The van der Waals surface area contributed by atoms with Crippen LogP contribution in [0.3, 0.4) is 0 Å². The summed E-state index contributed by atoms with van der Waals surface area (Å²) in [4.78, 5) is 11.1. The molecule has 0 fully saturated rings. The van der Waals surface area contributed by atoms with Crippen LogP contribution >= 0.6 is 0 Å². The third kappa shape index (κ3) is 2.72. The predicted octanol–water partition coefficient (Wildman–Crippen LogP) is 2.46. The van der Waals surface area contributed by atoms with Crippen molar-refractivity contribution in [3.05, 3.63) is 35.9 Å². The Labute approximate surface area is 113 Å². The fourth-order valence-corrected chi connectivity index (χ4v) is 2.20. The number of methoxy groups -OCH3 is 2. The van der Waals surface area contributed by atoms with Crippen molar-refractivity contribution in [2.75, 3.05) is 20.8 Å². The van der Waals surface area contributed by atoms with Crippen LogP contribution in [0.2, 0.25) is 0 Å². The van der Waals surface area contributed by atoms with Crippen LogP contribution in [-0.2, 0) is 14.9 Å². The summed E-state index contributed by atoms with van der Waals surface area (Å²) < 4.78 is 15.5.